The van der Waals surface area contributed by atoms with Crippen molar-refractivity contribution in [3.8, 4) is 5.75 Å². The number of aromatic hydroxyl groups is 1. The predicted molar refractivity (Wildman–Crippen MR) is 109 cm³/mol. The van der Waals surface area contributed by atoms with E-state index in [9.17, 15) is 9.90 Å². The fourth-order valence-corrected chi connectivity index (χ4v) is 3.50. The number of para-hydroxylation sites is 1. The van der Waals surface area contributed by atoms with Gasteiger partial charge >= 0.3 is 0 Å². The second kappa shape index (κ2) is 7.37. The highest BCUT2D eigenvalue weighted by atomic mass is 79.9. The fourth-order valence-electron chi connectivity index (χ4n) is 3.24. The van der Waals surface area contributed by atoms with Crippen LogP contribution in [0.5, 0.6) is 5.75 Å². The summed E-state index contributed by atoms with van der Waals surface area (Å²) in [6.07, 6.45) is 0.539. The van der Waals surface area contributed by atoms with Crippen molar-refractivity contribution in [1.82, 2.24) is 5.01 Å². The first-order chi connectivity index (χ1) is 13.1. The number of carbonyl (C=O) groups excluding carboxylic acids is 1. The molecule has 1 N–H and O–H groups in total. The van der Waals surface area contributed by atoms with Crippen LogP contribution >= 0.6 is 15.9 Å². The summed E-state index contributed by atoms with van der Waals surface area (Å²) in [5.41, 5.74) is 2.94. The molecule has 1 unspecified atom stereocenters. The molecule has 134 valence electrons. The maximum Gasteiger partial charge on any atom is 0.274 e. The summed E-state index contributed by atoms with van der Waals surface area (Å²) >= 11 is 3.45. The summed E-state index contributed by atoms with van der Waals surface area (Å²) < 4.78 is 0.979. The van der Waals surface area contributed by atoms with Gasteiger partial charge in [-0.15, -0.1) is 0 Å². The van der Waals surface area contributed by atoms with Crippen LogP contribution in [0.2, 0.25) is 0 Å². The summed E-state index contributed by atoms with van der Waals surface area (Å²) in [5, 5.41) is 16.3. The van der Waals surface area contributed by atoms with Gasteiger partial charge in [-0.1, -0.05) is 58.4 Å². The lowest BCUT2D eigenvalue weighted by Crippen LogP contribution is -2.27. The first-order valence-electron chi connectivity index (χ1n) is 8.63. The molecule has 5 heteroatoms. The minimum atomic E-state index is -0.222. The van der Waals surface area contributed by atoms with Crippen LogP contribution in [0, 0.1) is 0 Å². The number of benzene rings is 3. The van der Waals surface area contributed by atoms with Crippen LogP contribution in [0.25, 0.3) is 0 Å². The van der Waals surface area contributed by atoms with Crippen molar-refractivity contribution in [2.45, 2.75) is 12.5 Å². The van der Waals surface area contributed by atoms with Gasteiger partial charge in [0.25, 0.3) is 5.91 Å². The van der Waals surface area contributed by atoms with Gasteiger partial charge in [0.1, 0.15) is 5.75 Å². The van der Waals surface area contributed by atoms with Crippen molar-refractivity contribution in [2.24, 2.45) is 5.10 Å². The number of nitrogens with zero attached hydrogens (tertiary/aromatic N) is 2. The molecule has 0 radical (unpaired) electrons. The number of phenolic OH excluding ortho intramolecular Hbond substituents is 1. The lowest BCUT2D eigenvalue weighted by Gasteiger charge is -2.22. The van der Waals surface area contributed by atoms with Crippen molar-refractivity contribution in [3.63, 3.8) is 0 Å². The van der Waals surface area contributed by atoms with Gasteiger partial charge in [-0.25, -0.2) is 5.01 Å². The zero-order valence-electron chi connectivity index (χ0n) is 14.4. The smallest absolute Gasteiger partial charge is 0.274 e. The zero-order valence-corrected chi connectivity index (χ0v) is 16.0. The highest BCUT2D eigenvalue weighted by Gasteiger charge is 2.34. The van der Waals surface area contributed by atoms with E-state index in [4.69, 9.17) is 0 Å². The Kier molecular flexibility index (Phi) is 4.77. The van der Waals surface area contributed by atoms with E-state index in [1.165, 1.54) is 5.01 Å². The second-order valence-electron chi connectivity index (χ2n) is 6.35. The fraction of sp³-hybridized carbons (Fsp3) is 0.0909. The molecule has 1 aliphatic heterocycles. The van der Waals surface area contributed by atoms with E-state index in [-0.39, 0.29) is 17.7 Å². The third-order valence-electron chi connectivity index (χ3n) is 4.61. The quantitative estimate of drug-likeness (QED) is 0.636. The van der Waals surface area contributed by atoms with E-state index in [0.717, 1.165) is 10.0 Å². The summed E-state index contributed by atoms with van der Waals surface area (Å²) in [6.45, 7) is 0. The van der Waals surface area contributed by atoms with Crippen LogP contribution in [0.3, 0.4) is 0 Å². The molecule has 27 heavy (non-hydrogen) atoms. The molecule has 3 aromatic rings. The average Bonchev–Trinajstić information content (AvgIpc) is 3.14. The molecule has 1 heterocycles. The normalized spacial score (nSPS) is 16.3. The lowest BCUT2D eigenvalue weighted by atomic mass is 9.97. The number of hydrogen-bond donors (Lipinski definition) is 1. The molecule has 1 atom stereocenters. The SMILES string of the molecule is O=C(c1ccccc1)N1N=C(c2ccccc2O)CC1c1ccc(Br)cc1. The number of hydrogen-bond acceptors (Lipinski definition) is 3. The third kappa shape index (κ3) is 3.51. The largest absolute Gasteiger partial charge is 0.507 e. The molecular weight excluding hydrogens is 404 g/mol. The number of halogens is 1. The van der Waals surface area contributed by atoms with Gasteiger partial charge in [0, 0.05) is 22.0 Å². The molecule has 1 aliphatic rings. The Morgan fingerprint density at radius 1 is 0.963 bits per heavy atom. The number of hydrazone groups is 1. The van der Waals surface area contributed by atoms with Crippen LogP contribution in [-0.2, 0) is 0 Å². The van der Waals surface area contributed by atoms with E-state index in [0.29, 0.717) is 23.3 Å². The van der Waals surface area contributed by atoms with Crippen LogP contribution in [0.1, 0.15) is 33.9 Å². The Balaban J connectivity index is 1.75. The number of amides is 1. The number of carbonyl (C=O) groups is 1. The van der Waals surface area contributed by atoms with Crippen LogP contribution < -0.4 is 0 Å². The molecule has 0 spiro atoms. The van der Waals surface area contributed by atoms with Crippen molar-refractivity contribution >= 4 is 27.5 Å². The Bertz CT molecular complexity index is 1000. The van der Waals surface area contributed by atoms with Gasteiger partial charge in [-0.05, 0) is 42.0 Å². The molecule has 3 aromatic carbocycles. The predicted octanol–water partition coefficient (Wildman–Crippen LogP) is 5.15. The van der Waals surface area contributed by atoms with Crippen molar-refractivity contribution in [1.29, 1.82) is 0 Å². The summed E-state index contributed by atoms with van der Waals surface area (Å²) in [7, 11) is 0. The Morgan fingerprint density at radius 2 is 1.63 bits per heavy atom. The molecule has 0 aromatic heterocycles. The Hall–Kier alpha value is -2.92. The van der Waals surface area contributed by atoms with Gasteiger partial charge in [0.2, 0.25) is 0 Å². The van der Waals surface area contributed by atoms with E-state index in [2.05, 4.69) is 21.0 Å². The van der Waals surface area contributed by atoms with E-state index in [1.54, 1.807) is 24.3 Å². The monoisotopic (exact) mass is 420 g/mol. The van der Waals surface area contributed by atoms with Gasteiger partial charge in [-0.2, -0.15) is 5.10 Å². The van der Waals surface area contributed by atoms with Crippen LogP contribution in [-0.4, -0.2) is 21.7 Å². The molecule has 0 saturated carbocycles. The maximum absolute atomic E-state index is 13.1. The standard InChI is InChI=1S/C22H17BrN2O2/c23-17-12-10-15(11-13-17)20-14-19(18-8-4-5-9-21(18)26)24-25(20)22(27)16-6-2-1-3-7-16/h1-13,20,26H,14H2. The van der Waals surface area contributed by atoms with Gasteiger partial charge in [0.15, 0.2) is 0 Å². The minimum absolute atomic E-state index is 0.158. The van der Waals surface area contributed by atoms with Crippen molar-refractivity contribution < 1.29 is 9.90 Å². The highest BCUT2D eigenvalue weighted by molar-refractivity contribution is 9.10. The number of phenols is 1. The number of rotatable bonds is 3. The highest BCUT2D eigenvalue weighted by Crippen LogP contribution is 2.36. The first-order valence-corrected chi connectivity index (χ1v) is 9.43. The molecule has 4 nitrogen and oxygen atoms in total. The molecule has 0 aliphatic carbocycles. The topological polar surface area (TPSA) is 52.9 Å². The van der Waals surface area contributed by atoms with Gasteiger partial charge in [-0.3, -0.25) is 4.79 Å². The molecule has 0 saturated heterocycles. The maximum atomic E-state index is 13.1. The Labute approximate surface area is 165 Å². The molecule has 0 bridgehead atoms. The molecular formula is C22H17BrN2O2. The second-order valence-corrected chi connectivity index (χ2v) is 7.27. The van der Waals surface area contributed by atoms with E-state index < -0.39 is 0 Å². The van der Waals surface area contributed by atoms with E-state index in [1.807, 2.05) is 54.6 Å². The van der Waals surface area contributed by atoms with Crippen molar-refractivity contribution in [2.75, 3.05) is 0 Å². The van der Waals surface area contributed by atoms with E-state index >= 15 is 0 Å². The summed E-state index contributed by atoms with van der Waals surface area (Å²) in [4.78, 5) is 13.1. The summed E-state index contributed by atoms with van der Waals surface area (Å²) in [6, 6.07) is 23.9. The van der Waals surface area contributed by atoms with Crippen molar-refractivity contribution in [3.05, 3.63) is 100 Å². The van der Waals surface area contributed by atoms with Crippen LogP contribution in [0.4, 0.5) is 0 Å². The molecule has 4 rings (SSSR count). The van der Waals surface area contributed by atoms with Gasteiger partial charge in [0.05, 0.1) is 11.8 Å². The average molecular weight is 421 g/mol. The minimum Gasteiger partial charge on any atom is -0.507 e. The molecule has 1 amide bonds. The first kappa shape index (κ1) is 17.5. The summed E-state index contributed by atoms with van der Waals surface area (Å²) in [5.74, 6) is 0.00811. The zero-order chi connectivity index (χ0) is 18.8. The Morgan fingerprint density at radius 3 is 2.33 bits per heavy atom. The van der Waals surface area contributed by atoms with Crippen LogP contribution in [0.15, 0.2) is 88.4 Å². The molecule has 0 fully saturated rings. The lowest BCUT2D eigenvalue weighted by molar-refractivity contribution is 0.0711. The van der Waals surface area contributed by atoms with Gasteiger partial charge < -0.3 is 5.11 Å². The third-order valence-corrected chi connectivity index (χ3v) is 5.14.